The van der Waals surface area contributed by atoms with E-state index in [-0.39, 0.29) is 11.8 Å². The topological polar surface area (TPSA) is 95.9 Å². The van der Waals surface area contributed by atoms with Crippen LogP contribution in [0.5, 0.6) is 5.75 Å². The van der Waals surface area contributed by atoms with Gasteiger partial charge in [0.2, 0.25) is 5.91 Å². The molecule has 0 saturated carbocycles. The van der Waals surface area contributed by atoms with Gasteiger partial charge in [0, 0.05) is 19.7 Å². The first kappa shape index (κ1) is 22.5. The van der Waals surface area contributed by atoms with E-state index < -0.39 is 0 Å². The molecule has 0 atom stereocenters. The quantitative estimate of drug-likeness (QED) is 0.597. The van der Waals surface area contributed by atoms with Crippen LogP contribution in [0.25, 0.3) is 6.08 Å². The summed E-state index contributed by atoms with van der Waals surface area (Å²) in [4.78, 5) is 35.9. The molecule has 2 fully saturated rings. The van der Waals surface area contributed by atoms with Crippen LogP contribution in [0.2, 0.25) is 0 Å². The number of benzene rings is 1. The van der Waals surface area contributed by atoms with Crippen molar-refractivity contribution in [3.63, 3.8) is 0 Å². The van der Waals surface area contributed by atoms with Crippen molar-refractivity contribution in [3.05, 3.63) is 39.7 Å². The summed E-state index contributed by atoms with van der Waals surface area (Å²) in [5.74, 6) is 0.441. The molecule has 0 spiro atoms. The zero-order valence-electron chi connectivity index (χ0n) is 18.0. The summed E-state index contributed by atoms with van der Waals surface area (Å²) in [5.41, 5.74) is 1.76. The Bertz CT molecular complexity index is 1070. The van der Waals surface area contributed by atoms with Crippen molar-refractivity contribution in [1.29, 1.82) is 0 Å². The fourth-order valence-electron chi connectivity index (χ4n) is 3.42. The maximum absolute atomic E-state index is 12.3. The molecule has 1 aromatic carbocycles. The molecule has 0 unspecified atom stereocenters. The first-order valence-electron chi connectivity index (χ1n) is 10.4. The number of nitrogens with zero attached hydrogens (tertiary/aromatic N) is 3. The highest BCUT2D eigenvalue weighted by atomic mass is 32.2. The number of hydrogen-bond donors (Lipinski definition) is 2. The number of amidine groups is 1. The molecule has 168 valence electrons. The lowest BCUT2D eigenvalue weighted by molar-refractivity contribution is -0.115. The fourth-order valence-corrected chi connectivity index (χ4v) is 5.13. The van der Waals surface area contributed by atoms with E-state index in [1.165, 1.54) is 42.9 Å². The number of carbonyl (C=O) groups excluding carboxylic acids is 2. The number of aromatic nitrogens is 1. The van der Waals surface area contributed by atoms with E-state index in [2.05, 4.69) is 25.5 Å². The third-order valence-electron chi connectivity index (χ3n) is 5.00. The maximum atomic E-state index is 12.3. The third-order valence-corrected chi connectivity index (χ3v) is 6.77. The van der Waals surface area contributed by atoms with E-state index in [1.807, 2.05) is 25.1 Å². The van der Waals surface area contributed by atoms with Crippen LogP contribution in [0.3, 0.4) is 0 Å². The minimum atomic E-state index is -0.206. The van der Waals surface area contributed by atoms with E-state index in [4.69, 9.17) is 4.74 Å². The van der Waals surface area contributed by atoms with Crippen LogP contribution >= 0.6 is 23.1 Å². The van der Waals surface area contributed by atoms with E-state index in [9.17, 15) is 9.59 Å². The number of thiazole rings is 1. The van der Waals surface area contributed by atoms with Crippen molar-refractivity contribution < 1.29 is 14.3 Å². The molecule has 0 aliphatic carbocycles. The van der Waals surface area contributed by atoms with Gasteiger partial charge in [0.1, 0.15) is 12.4 Å². The smallest absolute Gasteiger partial charge is 0.264 e. The van der Waals surface area contributed by atoms with Crippen molar-refractivity contribution >= 4 is 57.0 Å². The number of carbonyl (C=O) groups is 2. The number of likely N-dealkylation sites (tertiary alicyclic amines) is 1. The molecule has 4 rings (SSSR count). The second kappa shape index (κ2) is 10.3. The number of nitrogens with one attached hydrogen (secondary N) is 2. The number of ether oxygens (including phenoxy) is 1. The third kappa shape index (κ3) is 5.96. The van der Waals surface area contributed by atoms with Gasteiger partial charge in [0.25, 0.3) is 5.91 Å². The molecular weight excluding hydrogens is 446 g/mol. The van der Waals surface area contributed by atoms with Gasteiger partial charge in [-0.15, -0.1) is 0 Å². The van der Waals surface area contributed by atoms with Crippen LogP contribution in [0.4, 0.5) is 10.8 Å². The van der Waals surface area contributed by atoms with Crippen LogP contribution < -0.4 is 15.4 Å². The molecule has 10 heteroatoms. The second-order valence-electron chi connectivity index (χ2n) is 7.58. The number of amides is 2. The molecule has 32 heavy (non-hydrogen) atoms. The average Bonchev–Trinajstić information content (AvgIpc) is 3.47. The molecule has 2 aliphatic heterocycles. The van der Waals surface area contributed by atoms with Crippen LogP contribution in [0.15, 0.2) is 34.3 Å². The molecule has 2 amide bonds. The predicted octanol–water partition coefficient (Wildman–Crippen LogP) is 3.78. The zero-order chi connectivity index (χ0) is 22.5. The van der Waals surface area contributed by atoms with Crippen molar-refractivity contribution in [2.75, 3.05) is 31.6 Å². The largest absolute Gasteiger partial charge is 0.492 e. The number of aryl methyl sites for hydroxylation is 1. The molecule has 8 nitrogen and oxygen atoms in total. The molecule has 0 bridgehead atoms. The number of thioether (sulfide) groups is 1. The number of rotatable bonds is 7. The Morgan fingerprint density at radius 3 is 2.94 bits per heavy atom. The number of aliphatic imine (C=N–C) groups is 1. The minimum absolute atomic E-state index is 0.181. The van der Waals surface area contributed by atoms with Gasteiger partial charge in [-0.1, -0.05) is 11.3 Å². The van der Waals surface area contributed by atoms with Crippen molar-refractivity contribution in [1.82, 2.24) is 15.2 Å². The van der Waals surface area contributed by atoms with Gasteiger partial charge in [-0.3, -0.25) is 14.5 Å². The second-order valence-corrected chi connectivity index (χ2v) is 9.67. The van der Waals surface area contributed by atoms with Gasteiger partial charge in [-0.25, -0.2) is 9.98 Å². The average molecular weight is 472 g/mol. The molecule has 2 aromatic rings. The summed E-state index contributed by atoms with van der Waals surface area (Å²) >= 11 is 2.58. The SMILES string of the molecule is CC(=O)Nc1ncc(/C=C2\SC(=Nc3ccc(OCCN4CCCC4)cc3C)NC2=O)s1. The Kier molecular flexibility index (Phi) is 7.23. The fraction of sp³-hybridized carbons (Fsp3) is 0.364. The lowest BCUT2D eigenvalue weighted by Gasteiger charge is -2.15. The summed E-state index contributed by atoms with van der Waals surface area (Å²) in [7, 11) is 0. The lowest BCUT2D eigenvalue weighted by Crippen LogP contribution is -2.25. The van der Waals surface area contributed by atoms with Gasteiger partial charge < -0.3 is 15.4 Å². The van der Waals surface area contributed by atoms with Crippen LogP contribution in [0, 0.1) is 6.92 Å². The predicted molar refractivity (Wildman–Crippen MR) is 130 cm³/mol. The van der Waals surface area contributed by atoms with Crippen LogP contribution in [-0.4, -0.2) is 53.1 Å². The molecule has 1 aromatic heterocycles. The summed E-state index contributed by atoms with van der Waals surface area (Å²) in [6.45, 7) is 7.36. The molecular formula is C22H25N5O3S2. The van der Waals surface area contributed by atoms with Crippen LogP contribution in [-0.2, 0) is 9.59 Å². The zero-order valence-corrected chi connectivity index (χ0v) is 19.6. The molecule has 2 aliphatic rings. The molecule has 2 N–H and O–H groups in total. The van der Waals surface area contributed by atoms with Gasteiger partial charge in [0.15, 0.2) is 10.3 Å². The van der Waals surface area contributed by atoms with Crippen molar-refractivity contribution in [2.45, 2.75) is 26.7 Å². The Labute approximate surface area is 195 Å². The lowest BCUT2D eigenvalue weighted by atomic mass is 10.2. The summed E-state index contributed by atoms with van der Waals surface area (Å²) in [6.07, 6.45) is 5.93. The highest BCUT2D eigenvalue weighted by Crippen LogP contribution is 2.31. The minimum Gasteiger partial charge on any atom is -0.492 e. The Morgan fingerprint density at radius 2 is 2.19 bits per heavy atom. The van der Waals surface area contributed by atoms with Gasteiger partial charge >= 0.3 is 0 Å². The van der Waals surface area contributed by atoms with E-state index in [0.717, 1.165) is 41.5 Å². The van der Waals surface area contributed by atoms with Crippen molar-refractivity contribution in [3.8, 4) is 5.75 Å². The normalized spacial score (nSPS) is 19.0. The molecule has 2 saturated heterocycles. The van der Waals surface area contributed by atoms with E-state index >= 15 is 0 Å². The highest BCUT2D eigenvalue weighted by Gasteiger charge is 2.24. The Hall–Kier alpha value is -2.69. The summed E-state index contributed by atoms with van der Waals surface area (Å²) < 4.78 is 5.90. The first-order valence-corrected chi connectivity index (χ1v) is 12.1. The van der Waals surface area contributed by atoms with E-state index in [1.54, 1.807) is 12.3 Å². The first-order chi connectivity index (χ1) is 15.5. The Balaban J connectivity index is 1.37. The number of anilines is 1. The number of hydrogen-bond acceptors (Lipinski definition) is 8. The van der Waals surface area contributed by atoms with Crippen molar-refractivity contribution in [2.24, 2.45) is 4.99 Å². The molecule has 3 heterocycles. The van der Waals surface area contributed by atoms with Gasteiger partial charge in [0.05, 0.1) is 15.5 Å². The van der Waals surface area contributed by atoms with Gasteiger partial charge in [-0.05, 0) is 74.5 Å². The Morgan fingerprint density at radius 1 is 1.38 bits per heavy atom. The monoisotopic (exact) mass is 471 g/mol. The van der Waals surface area contributed by atoms with Crippen LogP contribution in [0.1, 0.15) is 30.2 Å². The summed E-state index contributed by atoms with van der Waals surface area (Å²) in [6, 6.07) is 5.79. The standard InChI is InChI=1S/C22H25N5O3S2/c1-14-11-16(30-10-9-27-7-3-4-8-27)5-6-18(14)25-22-26-20(29)19(32-22)12-17-13-23-21(31-17)24-15(2)28/h5-6,11-13H,3-4,7-10H2,1-2H3,(H,23,24,28)(H,25,26,29)/b19-12-. The molecule has 0 radical (unpaired) electrons. The van der Waals surface area contributed by atoms with E-state index in [0.29, 0.717) is 21.8 Å². The summed E-state index contributed by atoms with van der Waals surface area (Å²) in [5, 5.41) is 6.46. The van der Waals surface area contributed by atoms with Gasteiger partial charge in [-0.2, -0.15) is 0 Å². The maximum Gasteiger partial charge on any atom is 0.264 e. The highest BCUT2D eigenvalue weighted by molar-refractivity contribution is 8.18.